The molecule has 4 nitrogen and oxygen atoms in total. The fourth-order valence-electron chi connectivity index (χ4n) is 3.28. The van der Waals surface area contributed by atoms with Crippen molar-refractivity contribution in [1.82, 2.24) is 0 Å². The van der Waals surface area contributed by atoms with Gasteiger partial charge in [0.2, 0.25) is 0 Å². The zero-order valence-electron chi connectivity index (χ0n) is 14.3. The third-order valence-corrected chi connectivity index (χ3v) is 4.75. The van der Waals surface area contributed by atoms with Crippen molar-refractivity contribution in [3.05, 3.63) is 41.0 Å². The first-order valence-electron chi connectivity index (χ1n) is 8.00. The molecule has 1 aliphatic carbocycles. The molecule has 1 aromatic rings. The van der Waals surface area contributed by atoms with Crippen LogP contribution in [0.2, 0.25) is 0 Å². The first-order valence-corrected chi connectivity index (χ1v) is 8.00. The Bertz CT molecular complexity index is 591. The smallest absolute Gasteiger partial charge is 0.309 e. The molecule has 1 aliphatic rings. The number of methoxy groups -OCH3 is 2. The van der Waals surface area contributed by atoms with Crippen molar-refractivity contribution in [1.29, 1.82) is 0 Å². The van der Waals surface area contributed by atoms with Crippen LogP contribution in [0, 0.1) is 11.8 Å². The Kier molecular flexibility index (Phi) is 5.60. The zero-order valence-corrected chi connectivity index (χ0v) is 14.3. The Labute approximate surface area is 138 Å². The van der Waals surface area contributed by atoms with E-state index in [4.69, 9.17) is 9.47 Å². The average molecular weight is 318 g/mol. The van der Waals surface area contributed by atoms with E-state index in [1.807, 2.05) is 44.2 Å². The largest absolute Gasteiger partial charge is 0.469 e. The predicted octanol–water partition coefficient (Wildman–Crippen LogP) is 2.84. The zero-order chi connectivity index (χ0) is 17.0. The summed E-state index contributed by atoms with van der Waals surface area (Å²) in [5.41, 5.74) is 1.81. The molecule has 0 aromatic heterocycles. The standard InChI is InChI=1S/C19H26O4/c1-13(2)19(21)11-16(18(20)23-4)9-14-7-5-6-8-15(14)10-17(19)12-22-3/h5-8,10,13,16,21H,9,11-12H2,1-4H3/b17-10-/t16-,19-/m0/s1. The number of hydrogen-bond acceptors (Lipinski definition) is 4. The van der Waals surface area contributed by atoms with Gasteiger partial charge in [-0.2, -0.15) is 0 Å². The Hall–Kier alpha value is -1.65. The van der Waals surface area contributed by atoms with Crippen molar-refractivity contribution in [2.45, 2.75) is 32.3 Å². The molecule has 0 saturated heterocycles. The SMILES string of the molecule is COC/C1=C/c2ccccc2C[C@H](C(=O)OC)C[C@]1(O)C(C)C. The first kappa shape index (κ1) is 17.7. The van der Waals surface area contributed by atoms with Gasteiger partial charge in [-0.05, 0) is 35.5 Å². The molecule has 0 bridgehead atoms. The van der Waals surface area contributed by atoms with Crippen molar-refractivity contribution >= 4 is 12.0 Å². The van der Waals surface area contributed by atoms with Crippen LogP contribution in [0.5, 0.6) is 0 Å². The topological polar surface area (TPSA) is 55.8 Å². The Morgan fingerprint density at radius 3 is 2.65 bits per heavy atom. The van der Waals surface area contributed by atoms with E-state index in [1.54, 1.807) is 7.11 Å². The van der Waals surface area contributed by atoms with Crippen molar-refractivity contribution < 1.29 is 19.4 Å². The summed E-state index contributed by atoms with van der Waals surface area (Å²) in [6, 6.07) is 7.95. The molecule has 23 heavy (non-hydrogen) atoms. The summed E-state index contributed by atoms with van der Waals surface area (Å²) in [7, 11) is 3.01. The van der Waals surface area contributed by atoms with Crippen LogP contribution in [0.25, 0.3) is 6.08 Å². The summed E-state index contributed by atoms with van der Waals surface area (Å²) >= 11 is 0. The maximum absolute atomic E-state index is 12.2. The molecule has 0 spiro atoms. The molecule has 4 heteroatoms. The van der Waals surface area contributed by atoms with Crippen LogP contribution in [0.4, 0.5) is 0 Å². The van der Waals surface area contributed by atoms with E-state index >= 15 is 0 Å². The Balaban J connectivity index is 2.59. The molecule has 1 aromatic carbocycles. The molecule has 0 aliphatic heterocycles. The van der Waals surface area contributed by atoms with Gasteiger partial charge >= 0.3 is 5.97 Å². The Morgan fingerprint density at radius 1 is 1.35 bits per heavy atom. The van der Waals surface area contributed by atoms with E-state index in [1.165, 1.54) is 7.11 Å². The van der Waals surface area contributed by atoms with Gasteiger partial charge in [0.1, 0.15) is 0 Å². The molecule has 0 saturated carbocycles. The van der Waals surface area contributed by atoms with Crippen LogP contribution in [-0.4, -0.2) is 37.5 Å². The summed E-state index contributed by atoms with van der Waals surface area (Å²) in [5.74, 6) is -0.701. The minimum atomic E-state index is -1.09. The van der Waals surface area contributed by atoms with E-state index in [0.717, 1.165) is 16.7 Å². The lowest BCUT2D eigenvalue weighted by Crippen LogP contribution is -2.43. The number of rotatable bonds is 4. The minimum absolute atomic E-state index is 0.0404. The fourth-order valence-corrected chi connectivity index (χ4v) is 3.28. The van der Waals surface area contributed by atoms with Crippen molar-refractivity contribution in [2.24, 2.45) is 11.8 Å². The molecule has 0 radical (unpaired) electrons. The lowest BCUT2D eigenvalue weighted by molar-refractivity contribution is -0.148. The molecular weight excluding hydrogens is 292 g/mol. The number of carbonyl (C=O) groups excluding carboxylic acids is 1. The second-order valence-corrected chi connectivity index (χ2v) is 6.51. The number of esters is 1. The molecular formula is C19H26O4. The van der Waals surface area contributed by atoms with Crippen LogP contribution < -0.4 is 0 Å². The number of benzene rings is 1. The lowest BCUT2D eigenvalue weighted by Gasteiger charge is -2.38. The van der Waals surface area contributed by atoms with Gasteiger partial charge < -0.3 is 14.6 Å². The summed E-state index contributed by atoms with van der Waals surface area (Å²) in [4.78, 5) is 12.2. The minimum Gasteiger partial charge on any atom is -0.469 e. The van der Waals surface area contributed by atoms with Gasteiger partial charge in [0.25, 0.3) is 0 Å². The third-order valence-electron chi connectivity index (χ3n) is 4.75. The number of ether oxygens (including phenoxy) is 2. The molecule has 126 valence electrons. The maximum Gasteiger partial charge on any atom is 0.309 e. The highest BCUT2D eigenvalue weighted by molar-refractivity contribution is 5.74. The highest BCUT2D eigenvalue weighted by atomic mass is 16.5. The first-order chi connectivity index (χ1) is 10.9. The van der Waals surface area contributed by atoms with E-state index in [9.17, 15) is 9.90 Å². The molecule has 0 fully saturated rings. The second kappa shape index (κ2) is 7.28. The van der Waals surface area contributed by atoms with E-state index in [2.05, 4.69) is 0 Å². The predicted molar refractivity (Wildman–Crippen MR) is 89.9 cm³/mol. The average Bonchev–Trinajstić information content (AvgIpc) is 2.52. The van der Waals surface area contributed by atoms with Crippen LogP contribution in [0.15, 0.2) is 29.8 Å². The normalized spacial score (nSPS) is 26.7. The number of carbonyl (C=O) groups is 1. The van der Waals surface area contributed by atoms with Crippen LogP contribution in [0.3, 0.4) is 0 Å². The molecule has 2 rings (SSSR count). The quantitative estimate of drug-likeness (QED) is 0.867. The molecule has 2 atom stereocenters. The van der Waals surface area contributed by atoms with E-state index < -0.39 is 5.60 Å². The monoisotopic (exact) mass is 318 g/mol. The van der Waals surface area contributed by atoms with E-state index in [0.29, 0.717) is 19.4 Å². The summed E-state index contributed by atoms with van der Waals surface area (Å²) < 4.78 is 10.3. The van der Waals surface area contributed by atoms with Crippen molar-refractivity contribution in [3.8, 4) is 0 Å². The summed E-state index contributed by atoms with van der Waals surface area (Å²) in [6.45, 7) is 4.26. The van der Waals surface area contributed by atoms with Crippen LogP contribution in [0.1, 0.15) is 31.4 Å². The second-order valence-electron chi connectivity index (χ2n) is 6.51. The third kappa shape index (κ3) is 3.65. The van der Waals surface area contributed by atoms with Gasteiger partial charge in [-0.1, -0.05) is 44.2 Å². The fraction of sp³-hybridized carbons (Fsp3) is 0.526. The van der Waals surface area contributed by atoms with Gasteiger partial charge in [0.15, 0.2) is 0 Å². The highest BCUT2D eigenvalue weighted by Gasteiger charge is 2.41. The number of aliphatic hydroxyl groups is 1. The van der Waals surface area contributed by atoms with Crippen LogP contribution in [-0.2, 0) is 20.7 Å². The Morgan fingerprint density at radius 2 is 2.04 bits per heavy atom. The molecule has 0 amide bonds. The van der Waals surface area contributed by atoms with Gasteiger partial charge in [-0.25, -0.2) is 0 Å². The van der Waals surface area contributed by atoms with Crippen molar-refractivity contribution in [2.75, 3.05) is 20.8 Å². The number of hydrogen-bond donors (Lipinski definition) is 1. The lowest BCUT2D eigenvalue weighted by atomic mass is 9.72. The van der Waals surface area contributed by atoms with Gasteiger partial charge in [-0.3, -0.25) is 4.79 Å². The van der Waals surface area contributed by atoms with Gasteiger partial charge in [0.05, 0.1) is 25.2 Å². The van der Waals surface area contributed by atoms with E-state index in [-0.39, 0.29) is 17.8 Å². The maximum atomic E-state index is 12.2. The van der Waals surface area contributed by atoms with Crippen molar-refractivity contribution in [3.63, 3.8) is 0 Å². The molecule has 0 heterocycles. The molecule has 1 N–H and O–H groups in total. The highest BCUT2D eigenvalue weighted by Crippen LogP contribution is 2.38. The summed E-state index contributed by atoms with van der Waals surface area (Å²) in [6.07, 6.45) is 2.90. The van der Waals surface area contributed by atoms with Crippen LogP contribution >= 0.6 is 0 Å². The van der Waals surface area contributed by atoms with Gasteiger partial charge in [-0.15, -0.1) is 0 Å². The van der Waals surface area contributed by atoms with Gasteiger partial charge in [0, 0.05) is 7.11 Å². The summed E-state index contributed by atoms with van der Waals surface area (Å²) in [5, 5.41) is 11.3. The number of fused-ring (bicyclic) bond motifs is 1. The molecule has 0 unspecified atom stereocenters.